The maximum Gasteiger partial charge on any atom is 0.217 e. The average molecular weight is 393 g/mol. The zero-order valence-electron chi connectivity index (χ0n) is 17.9. The van der Waals surface area contributed by atoms with Crippen molar-refractivity contribution in [3.63, 3.8) is 0 Å². The summed E-state index contributed by atoms with van der Waals surface area (Å²) < 4.78 is 6.38. The van der Waals surface area contributed by atoms with E-state index >= 15 is 0 Å². The van der Waals surface area contributed by atoms with Crippen LogP contribution in [0, 0.1) is 5.41 Å². The van der Waals surface area contributed by atoms with E-state index in [2.05, 4.69) is 51.4 Å². The van der Waals surface area contributed by atoms with Crippen molar-refractivity contribution < 1.29 is 9.53 Å². The van der Waals surface area contributed by atoms with Crippen LogP contribution in [-0.2, 0) is 16.0 Å². The molecule has 0 unspecified atom stereocenters. The molecule has 0 aliphatic carbocycles. The molecule has 0 spiro atoms. The minimum atomic E-state index is -0.309. The number of carbonyl (C=O) groups is 1. The molecule has 0 fully saturated rings. The number of aliphatic imine (C=N–C) groups is 1. The van der Waals surface area contributed by atoms with Crippen LogP contribution < -0.4 is 5.32 Å². The number of nitrogens with zero attached hydrogens (tertiary/aromatic N) is 1. The Kier molecular flexibility index (Phi) is 7.77. The van der Waals surface area contributed by atoms with Gasteiger partial charge in [0.25, 0.3) is 0 Å². The van der Waals surface area contributed by atoms with E-state index in [-0.39, 0.29) is 29.5 Å². The molecule has 1 N–H and O–H groups in total. The smallest absolute Gasteiger partial charge is 0.217 e. The number of nitrogens with one attached hydrogen (secondary N) is 1. The quantitative estimate of drug-likeness (QED) is 0.646. The van der Waals surface area contributed by atoms with Gasteiger partial charge in [0.05, 0.1) is 6.04 Å². The monoisotopic (exact) mass is 392 g/mol. The maximum absolute atomic E-state index is 11.8. The standard InChI is InChI=1S/C25H32N2O2/c1-7-9-16-20(13-8-2)22-21(17-19-14-11-10-12-15-19)27-24(29-22)23(25(4,5)6)26-18(3)28/h7-16,21-23H,1-2,17H2,3-6H3,(H,26,28)/b16-9-,20-13+/t21-,22-,23+/m0/s1. The average Bonchev–Trinajstić information content (AvgIpc) is 3.06. The van der Waals surface area contributed by atoms with E-state index < -0.39 is 0 Å². The predicted octanol–water partition coefficient (Wildman–Crippen LogP) is 4.80. The SMILES string of the molecule is C=C/C=C\C(=C/C=C)[C@@H]1OC([C@@H](NC(C)=O)C(C)(C)C)=N[C@H]1Cc1ccccc1. The third kappa shape index (κ3) is 6.31. The van der Waals surface area contributed by atoms with E-state index in [9.17, 15) is 4.79 Å². The van der Waals surface area contributed by atoms with E-state index in [4.69, 9.17) is 9.73 Å². The molecule has 1 heterocycles. The van der Waals surface area contributed by atoms with E-state index in [0.29, 0.717) is 5.90 Å². The fraction of sp³-hybridized carbons (Fsp3) is 0.360. The minimum Gasteiger partial charge on any atom is -0.469 e. The molecule has 1 aromatic rings. The molecule has 0 saturated heterocycles. The summed E-state index contributed by atoms with van der Waals surface area (Å²) in [6, 6.07) is 9.83. The number of hydrogen-bond donors (Lipinski definition) is 1. The Hall–Kier alpha value is -2.88. The molecule has 1 amide bonds. The van der Waals surface area contributed by atoms with Crippen molar-refractivity contribution in [3.8, 4) is 0 Å². The van der Waals surface area contributed by atoms with Crippen molar-refractivity contribution in [3.05, 3.63) is 85.0 Å². The van der Waals surface area contributed by atoms with Crippen LogP contribution in [0.5, 0.6) is 0 Å². The third-order valence-corrected chi connectivity index (χ3v) is 4.70. The van der Waals surface area contributed by atoms with Crippen LogP contribution >= 0.6 is 0 Å². The molecule has 1 aliphatic heterocycles. The second kappa shape index (κ2) is 10.1. The normalized spacial score (nSPS) is 20.7. The Morgan fingerprint density at radius 1 is 1.24 bits per heavy atom. The van der Waals surface area contributed by atoms with E-state index in [1.165, 1.54) is 12.5 Å². The number of rotatable bonds is 8. The molecular formula is C25H32N2O2. The van der Waals surface area contributed by atoms with Gasteiger partial charge in [-0.15, -0.1) is 0 Å². The lowest BCUT2D eigenvalue weighted by Gasteiger charge is -2.31. The van der Waals surface area contributed by atoms with Gasteiger partial charge in [0.2, 0.25) is 11.8 Å². The lowest BCUT2D eigenvalue weighted by atomic mass is 9.86. The number of allylic oxidation sites excluding steroid dienone is 4. The molecule has 0 bridgehead atoms. The van der Waals surface area contributed by atoms with Crippen molar-refractivity contribution in [2.24, 2.45) is 10.4 Å². The number of amides is 1. The van der Waals surface area contributed by atoms with Crippen molar-refractivity contribution in [2.45, 2.75) is 52.3 Å². The van der Waals surface area contributed by atoms with Crippen molar-refractivity contribution in [2.75, 3.05) is 0 Å². The summed E-state index contributed by atoms with van der Waals surface area (Å²) in [5, 5.41) is 3.01. The molecule has 1 aliphatic rings. The first-order chi connectivity index (χ1) is 13.8. The Morgan fingerprint density at radius 3 is 2.48 bits per heavy atom. The van der Waals surface area contributed by atoms with Crippen LogP contribution in [0.2, 0.25) is 0 Å². The Morgan fingerprint density at radius 2 is 1.93 bits per heavy atom. The van der Waals surface area contributed by atoms with Gasteiger partial charge in [-0.05, 0) is 23.0 Å². The molecule has 0 saturated carbocycles. The van der Waals surface area contributed by atoms with Crippen LogP contribution in [0.15, 0.2) is 84.4 Å². The maximum atomic E-state index is 11.8. The largest absolute Gasteiger partial charge is 0.469 e. The Bertz CT molecular complexity index is 813. The van der Waals surface area contributed by atoms with E-state index in [1.54, 1.807) is 12.2 Å². The highest BCUT2D eigenvalue weighted by molar-refractivity contribution is 5.89. The topological polar surface area (TPSA) is 50.7 Å². The molecule has 29 heavy (non-hydrogen) atoms. The zero-order valence-corrected chi connectivity index (χ0v) is 17.9. The summed E-state index contributed by atoms with van der Waals surface area (Å²) in [4.78, 5) is 16.8. The van der Waals surface area contributed by atoms with Gasteiger partial charge in [-0.1, -0.05) is 94.6 Å². The van der Waals surface area contributed by atoms with Gasteiger partial charge in [0.15, 0.2) is 0 Å². The molecule has 4 nitrogen and oxygen atoms in total. The summed E-state index contributed by atoms with van der Waals surface area (Å²) in [7, 11) is 0. The van der Waals surface area contributed by atoms with Crippen LogP contribution in [-0.4, -0.2) is 30.0 Å². The van der Waals surface area contributed by atoms with Gasteiger partial charge >= 0.3 is 0 Å². The Labute approximate surface area is 174 Å². The first kappa shape index (κ1) is 22.4. The zero-order chi connectivity index (χ0) is 21.4. The van der Waals surface area contributed by atoms with Crippen molar-refractivity contribution >= 4 is 11.8 Å². The van der Waals surface area contributed by atoms with E-state index in [1.807, 2.05) is 36.4 Å². The van der Waals surface area contributed by atoms with Gasteiger partial charge in [0.1, 0.15) is 12.1 Å². The summed E-state index contributed by atoms with van der Waals surface area (Å²) >= 11 is 0. The molecule has 3 atom stereocenters. The number of benzene rings is 1. The van der Waals surface area contributed by atoms with Gasteiger partial charge < -0.3 is 10.1 Å². The van der Waals surface area contributed by atoms with Gasteiger partial charge in [0, 0.05) is 6.92 Å². The number of carbonyl (C=O) groups excluding carboxylic acids is 1. The molecule has 4 heteroatoms. The van der Waals surface area contributed by atoms with Crippen LogP contribution in [0.25, 0.3) is 0 Å². The summed E-state index contributed by atoms with van der Waals surface area (Å²) in [6.45, 7) is 15.3. The minimum absolute atomic E-state index is 0.104. The highest BCUT2D eigenvalue weighted by atomic mass is 16.5. The summed E-state index contributed by atoms with van der Waals surface area (Å²) in [5.41, 5.74) is 1.92. The van der Waals surface area contributed by atoms with Gasteiger partial charge in [-0.25, -0.2) is 4.99 Å². The first-order valence-electron chi connectivity index (χ1n) is 9.93. The summed E-state index contributed by atoms with van der Waals surface area (Å²) in [5.74, 6) is 0.466. The highest BCUT2D eigenvalue weighted by Gasteiger charge is 2.40. The van der Waals surface area contributed by atoms with Gasteiger partial charge in [-0.2, -0.15) is 0 Å². The highest BCUT2D eigenvalue weighted by Crippen LogP contribution is 2.30. The van der Waals surface area contributed by atoms with E-state index in [0.717, 1.165) is 12.0 Å². The third-order valence-electron chi connectivity index (χ3n) is 4.70. The fourth-order valence-corrected chi connectivity index (χ4v) is 3.32. The molecule has 154 valence electrons. The van der Waals surface area contributed by atoms with Crippen LogP contribution in [0.3, 0.4) is 0 Å². The molecule has 2 rings (SSSR count). The lowest BCUT2D eigenvalue weighted by molar-refractivity contribution is -0.120. The molecular weight excluding hydrogens is 360 g/mol. The molecule has 1 aromatic carbocycles. The predicted molar refractivity (Wildman–Crippen MR) is 121 cm³/mol. The van der Waals surface area contributed by atoms with Crippen molar-refractivity contribution in [1.82, 2.24) is 5.32 Å². The second-order valence-corrected chi connectivity index (χ2v) is 8.26. The fourth-order valence-electron chi connectivity index (χ4n) is 3.32. The van der Waals surface area contributed by atoms with Crippen LogP contribution in [0.1, 0.15) is 33.3 Å². The lowest BCUT2D eigenvalue weighted by Crippen LogP contribution is -2.49. The van der Waals surface area contributed by atoms with Crippen molar-refractivity contribution in [1.29, 1.82) is 0 Å². The molecule has 0 radical (unpaired) electrons. The number of ether oxygens (including phenoxy) is 1. The van der Waals surface area contributed by atoms with Gasteiger partial charge in [-0.3, -0.25) is 4.79 Å². The first-order valence-corrected chi connectivity index (χ1v) is 9.93. The Balaban J connectivity index is 2.43. The molecule has 0 aromatic heterocycles. The summed E-state index contributed by atoms with van der Waals surface area (Å²) in [6.07, 6.45) is 9.74. The number of hydrogen-bond acceptors (Lipinski definition) is 3. The second-order valence-electron chi connectivity index (χ2n) is 8.26. The van der Waals surface area contributed by atoms with Crippen LogP contribution in [0.4, 0.5) is 0 Å².